The van der Waals surface area contributed by atoms with Crippen molar-refractivity contribution in [1.82, 2.24) is 34.4 Å². The third-order valence-corrected chi connectivity index (χ3v) is 14.1. The first-order valence-corrected chi connectivity index (χ1v) is 23.5. The van der Waals surface area contributed by atoms with Crippen molar-refractivity contribution in [3.63, 3.8) is 0 Å². The summed E-state index contributed by atoms with van der Waals surface area (Å²) in [6.07, 6.45) is 8.67. The van der Waals surface area contributed by atoms with Crippen LogP contribution < -0.4 is 15.4 Å². The first-order valence-electron chi connectivity index (χ1n) is 22.1. The highest BCUT2D eigenvalue weighted by molar-refractivity contribution is 7.87. The number of hydrogen-bond acceptors (Lipinski definition) is 11. The van der Waals surface area contributed by atoms with Crippen LogP contribution in [0.3, 0.4) is 0 Å². The summed E-state index contributed by atoms with van der Waals surface area (Å²) in [7, 11) is -4.25. The molecule has 5 aliphatic heterocycles. The lowest BCUT2D eigenvalue weighted by atomic mass is 9.92. The van der Waals surface area contributed by atoms with Gasteiger partial charge in [-0.05, 0) is 89.9 Å². The zero-order valence-electron chi connectivity index (χ0n) is 35.8. The van der Waals surface area contributed by atoms with Crippen LogP contribution in [-0.2, 0) is 45.2 Å². The van der Waals surface area contributed by atoms with Crippen molar-refractivity contribution in [2.24, 2.45) is 5.92 Å². The number of allylic oxidation sites excluding steroid dienone is 1. The number of nitrogens with zero attached hydrogens (tertiary/aromatic N) is 4. The molecule has 1 unspecified atom stereocenters. The minimum atomic E-state index is -4.25. The molecular formula is C43H63N7O10S. The van der Waals surface area contributed by atoms with E-state index < -0.39 is 75.4 Å². The number of amides is 5. The minimum Gasteiger partial charge on any atom is -0.444 e. The summed E-state index contributed by atoms with van der Waals surface area (Å²) < 4.78 is 47.1. The monoisotopic (exact) mass is 869 g/mol. The molecule has 5 amide bonds. The zero-order chi connectivity index (χ0) is 43.4. The summed E-state index contributed by atoms with van der Waals surface area (Å²) in [5.74, 6) is -2.61. The van der Waals surface area contributed by atoms with Crippen molar-refractivity contribution in [3.05, 3.63) is 47.5 Å². The fourth-order valence-corrected chi connectivity index (χ4v) is 10.5. The highest BCUT2D eigenvalue weighted by atomic mass is 32.2. The number of likely N-dealkylation sites (tertiary alicyclic amines) is 1. The van der Waals surface area contributed by atoms with Crippen LogP contribution in [-0.4, -0.2) is 146 Å². The largest absolute Gasteiger partial charge is 0.444 e. The normalized spacial score (nSPS) is 30.0. The van der Waals surface area contributed by atoms with E-state index in [2.05, 4.69) is 32.4 Å². The number of hydrogen-bond donors (Lipinski definition) is 3. The summed E-state index contributed by atoms with van der Waals surface area (Å²) in [6, 6.07) is 5.63. The molecule has 1 saturated carbocycles. The highest BCUT2D eigenvalue weighted by Crippen LogP contribution is 2.46. The van der Waals surface area contributed by atoms with Gasteiger partial charge < -0.3 is 34.6 Å². The molecule has 61 heavy (non-hydrogen) atoms. The van der Waals surface area contributed by atoms with Crippen LogP contribution in [0.5, 0.6) is 0 Å². The summed E-state index contributed by atoms with van der Waals surface area (Å²) in [5, 5.41) is 5.61. The number of nitrogens with one attached hydrogen (secondary N) is 3. The van der Waals surface area contributed by atoms with E-state index >= 15 is 0 Å². The number of benzene rings is 1. The number of morpholine rings is 1. The molecule has 6 atom stereocenters. The van der Waals surface area contributed by atoms with Gasteiger partial charge in [0, 0.05) is 38.5 Å². The third-order valence-electron chi connectivity index (χ3n) is 12.7. The van der Waals surface area contributed by atoms with Gasteiger partial charge in [0.25, 0.3) is 5.91 Å². The third kappa shape index (κ3) is 10.9. The van der Waals surface area contributed by atoms with Crippen LogP contribution in [0.2, 0.25) is 0 Å². The summed E-state index contributed by atoms with van der Waals surface area (Å²) in [6.45, 7) is 8.56. The average molecular weight is 870 g/mol. The van der Waals surface area contributed by atoms with Gasteiger partial charge >= 0.3 is 22.4 Å². The van der Waals surface area contributed by atoms with Gasteiger partial charge in [0.15, 0.2) is 0 Å². The topological polar surface area (TPSA) is 196 Å². The van der Waals surface area contributed by atoms with Crippen LogP contribution in [0.25, 0.3) is 0 Å². The molecule has 0 spiro atoms. The molecule has 0 radical (unpaired) electrons. The van der Waals surface area contributed by atoms with E-state index in [1.54, 1.807) is 25.7 Å². The van der Waals surface area contributed by atoms with Crippen molar-refractivity contribution >= 4 is 40.1 Å². The standard InChI is InChI=1S/C43H63N7O10S/c1-42(2,3)60-40(54)44-34-17-9-6-4-5-8-15-31-27-43(31,39(53)46-61(56,57)48-22-24-58-25-23-48)45-37(51)35-26-32(28-50(35)38(34)52)59-41(55)49-21-18-30-14-10-11-16-33(30)36(49)29-47-19-12-7-13-20-47/h8,10-11,14-16,31-32,34-36H,4-7,9,12-13,17-29H2,1-3H3,(H,44,54)(H,45,51)(H,46,53)/b15-8-/t31-,32-,34+,35+,36?,43-/m1/s1. The van der Waals surface area contributed by atoms with Gasteiger partial charge in [0.05, 0.1) is 25.8 Å². The molecule has 3 N–H and O–H groups in total. The summed E-state index contributed by atoms with van der Waals surface area (Å²) in [5.41, 5.74) is -0.170. The van der Waals surface area contributed by atoms with Gasteiger partial charge in [-0.15, -0.1) is 0 Å². The van der Waals surface area contributed by atoms with Crippen molar-refractivity contribution in [3.8, 4) is 0 Å². The Hall–Kier alpha value is -4.26. The van der Waals surface area contributed by atoms with Gasteiger partial charge in [-0.3, -0.25) is 19.3 Å². The van der Waals surface area contributed by atoms with E-state index in [0.29, 0.717) is 32.4 Å². The van der Waals surface area contributed by atoms with Crippen LogP contribution in [0.4, 0.5) is 9.59 Å². The Kier molecular flexibility index (Phi) is 14.0. The number of rotatable bonds is 7. The number of ether oxygens (including phenoxy) is 3. The van der Waals surface area contributed by atoms with Crippen LogP contribution >= 0.6 is 0 Å². The first kappa shape index (κ1) is 44.8. The predicted molar refractivity (Wildman–Crippen MR) is 224 cm³/mol. The molecule has 336 valence electrons. The lowest BCUT2D eigenvalue weighted by Crippen LogP contribution is -2.59. The lowest BCUT2D eigenvalue weighted by Gasteiger charge is -2.40. The second-order valence-corrected chi connectivity index (χ2v) is 19.9. The zero-order valence-corrected chi connectivity index (χ0v) is 36.6. The molecule has 17 nitrogen and oxygen atoms in total. The second kappa shape index (κ2) is 19.0. The molecule has 6 aliphatic rings. The minimum absolute atomic E-state index is 0.0754. The maximum atomic E-state index is 14.7. The van der Waals surface area contributed by atoms with E-state index in [0.717, 1.165) is 48.6 Å². The van der Waals surface area contributed by atoms with E-state index in [1.807, 2.05) is 24.3 Å². The maximum absolute atomic E-state index is 14.7. The average Bonchev–Trinajstić information content (AvgIpc) is 3.76. The van der Waals surface area contributed by atoms with Crippen molar-refractivity contribution in [1.29, 1.82) is 0 Å². The van der Waals surface area contributed by atoms with Gasteiger partial charge in [-0.1, -0.05) is 55.7 Å². The van der Waals surface area contributed by atoms with Crippen molar-refractivity contribution in [2.75, 3.05) is 59.0 Å². The number of carbonyl (C=O) groups is 5. The molecule has 1 aromatic carbocycles. The Morgan fingerprint density at radius 2 is 1.70 bits per heavy atom. The van der Waals surface area contributed by atoms with Crippen molar-refractivity contribution in [2.45, 2.75) is 127 Å². The number of fused-ring (bicyclic) bond motifs is 3. The SMILES string of the molecule is CC(C)(C)OC(=O)N[C@H]1CCCCC/C=C\[C@@H]2C[C@@]2(C(=O)NS(=O)(=O)N2CCOCC2)NC(=O)[C@@H]2C[C@@H](OC(=O)N3CCc4ccccc4C3CN3CCCCC3)CN2C1=O. The van der Waals surface area contributed by atoms with E-state index in [9.17, 15) is 32.4 Å². The molecule has 4 fully saturated rings. The fraction of sp³-hybridized carbons (Fsp3) is 0.698. The molecule has 0 bridgehead atoms. The second-order valence-electron chi connectivity index (χ2n) is 18.3. The molecule has 1 aromatic rings. The van der Waals surface area contributed by atoms with Crippen LogP contribution in [0, 0.1) is 5.92 Å². The smallest absolute Gasteiger partial charge is 0.410 e. The lowest BCUT2D eigenvalue weighted by molar-refractivity contribution is -0.141. The van der Waals surface area contributed by atoms with Gasteiger partial charge in [0.2, 0.25) is 11.8 Å². The summed E-state index contributed by atoms with van der Waals surface area (Å²) in [4.78, 5) is 76.2. The van der Waals surface area contributed by atoms with E-state index in [-0.39, 0.29) is 58.2 Å². The Morgan fingerprint density at radius 3 is 2.46 bits per heavy atom. The molecule has 18 heteroatoms. The van der Waals surface area contributed by atoms with Gasteiger partial charge in [-0.25, -0.2) is 14.3 Å². The maximum Gasteiger partial charge on any atom is 0.410 e. The predicted octanol–water partition coefficient (Wildman–Crippen LogP) is 3.16. The molecule has 3 saturated heterocycles. The van der Waals surface area contributed by atoms with Gasteiger partial charge in [-0.2, -0.15) is 12.7 Å². The molecule has 1 aliphatic carbocycles. The molecular weight excluding hydrogens is 807 g/mol. The van der Waals surface area contributed by atoms with Gasteiger partial charge in [0.1, 0.15) is 29.3 Å². The highest BCUT2D eigenvalue weighted by Gasteiger charge is 2.62. The van der Waals surface area contributed by atoms with Crippen LogP contribution in [0.1, 0.15) is 102 Å². The van der Waals surface area contributed by atoms with Crippen molar-refractivity contribution < 1.29 is 46.6 Å². The summed E-state index contributed by atoms with van der Waals surface area (Å²) >= 11 is 0. The van der Waals surface area contributed by atoms with Crippen LogP contribution in [0.15, 0.2) is 36.4 Å². The molecule has 5 heterocycles. The first-order chi connectivity index (χ1) is 29.1. The number of piperidine rings is 1. The fourth-order valence-electron chi connectivity index (χ4n) is 9.34. The Balaban J connectivity index is 1.15. The molecule has 0 aromatic heterocycles. The Bertz CT molecular complexity index is 1930. The van der Waals surface area contributed by atoms with E-state index in [4.69, 9.17) is 14.2 Å². The van der Waals surface area contributed by atoms with E-state index in [1.165, 1.54) is 16.9 Å². The Labute approximate surface area is 359 Å². The number of alkyl carbamates (subject to hydrolysis) is 1. The number of carbonyl (C=O) groups excluding carboxylic acids is 5. The molecule has 7 rings (SSSR count). The quantitative estimate of drug-likeness (QED) is 0.341. The Morgan fingerprint density at radius 1 is 0.967 bits per heavy atom.